The van der Waals surface area contributed by atoms with Crippen LogP contribution in [0.25, 0.3) is 10.9 Å². The number of nitrogens with one attached hydrogen (secondary N) is 1. The van der Waals surface area contributed by atoms with Crippen molar-refractivity contribution in [3.8, 4) is 5.75 Å². The third kappa shape index (κ3) is 3.44. The summed E-state index contributed by atoms with van der Waals surface area (Å²) in [5.41, 5.74) is -0.154. The second-order valence-corrected chi connectivity index (χ2v) is 6.55. The van der Waals surface area contributed by atoms with Gasteiger partial charge in [-0.3, -0.25) is 9.59 Å². The standard InChI is InChI=1S/C20H21N3O3/c1-13(2)10-12-23-15-8-4-3-7-14(15)18(24)17(20(23)26)19(25)22-16-9-5-6-11-21-16/h3-9,11,13,24H,10,12H2,1-2H3,(H,21,22,25). The number of aryl methyl sites for hydroxylation is 1. The zero-order valence-electron chi connectivity index (χ0n) is 14.8. The summed E-state index contributed by atoms with van der Waals surface area (Å²) in [5.74, 6) is -0.256. The van der Waals surface area contributed by atoms with E-state index in [1.54, 1.807) is 47.0 Å². The highest BCUT2D eigenvalue weighted by Gasteiger charge is 2.22. The Morgan fingerprint density at radius 2 is 1.92 bits per heavy atom. The van der Waals surface area contributed by atoms with Gasteiger partial charge in [-0.2, -0.15) is 0 Å². The molecule has 0 saturated carbocycles. The number of aromatic nitrogens is 2. The number of hydrogen-bond donors (Lipinski definition) is 2. The molecule has 0 bridgehead atoms. The van der Waals surface area contributed by atoms with Gasteiger partial charge in [-0.25, -0.2) is 4.98 Å². The lowest BCUT2D eigenvalue weighted by Crippen LogP contribution is -2.30. The second-order valence-electron chi connectivity index (χ2n) is 6.55. The van der Waals surface area contributed by atoms with Gasteiger partial charge in [0.25, 0.3) is 11.5 Å². The van der Waals surface area contributed by atoms with Crippen LogP contribution in [0.1, 0.15) is 30.6 Å². The SMILES string of the molecule is CC(C)CCn1c(=O)c(C(=O)Nc2ccccn2)c(O)c2ccccc21. The summed E-state index contributed by atoms with van der Waals surface area (Å²) in [6.45, 7) is 4.62. The van der Waals surface area contributed by atoms with Gasteiger partial charge >= 0.3 is 0 Å². The first kappa shape index (κ1) is 17.7. The molecule has 0 aliphatic heterocycles. The van der Waals surface area contributed by atoms with Crippen LogP contribution in [0.5, 0.6) is 5.75 Å². The first-order valence-electron chi connectivity index (χ1n) is 8.56. The largest absolute Gasteiger partial charge is 0.506 e. The number of rotatable bonds is 5. The van der Waals surface area contributed by atoms with Gasteiger partial charge < -0.3 is 15.0 Å². The molecule has 2 aromatic heterocycles. The van der Waals surface area contributed by atoms with Crippen molar-refractivity contribution in [1.82, 2.24) is 9.55 Å². The van der Waals surface area contributed by atoms with Crippen molar-refractivity contribution in [1.29, 1.82) is 0 Å². The maximum absolute atomic E-state index is 13.0. The van der Waals surface area contributed by atoms with E-state index in [-0.39, 0.29) is 11.3 Å². The summed E-state index contributed by atoms with van der Waals surface area (Å²) >= 11 is 0. The van der Waals surface area contributed by atoms with Crippen LogP contribution < -0.4 is 10.9 Å². The predicted molar refractivity (Wildman–Crippen MR) is 102 cm³/mol. The topological polar surface area (TPSA) is 84.2 Å². The van der Waals surface area contributed by atoms with Gasteiger partial charge in [0.2, 0.25) is 0 Å². The summed E-state index contributed by atoms with van der Waals surface area (Å²) in [7, 11) is 0. The Morgan fingerprint density at radius 1 is 1.19 bits per heavy atom. The molecular formula is C20H21N3O3. The maximum Gasteiger partial charge on any atom is 0.267 e. The molecule has 1 amide bonds. The minimum atomic E-state index is -0.671. The molecule has 2 heterocycles. The van der Waals surface area contributed by atoms with Crippen LogP contribution in [0.4, 0.5) is 5.82 Å². The molecule has 0 fully saturated rings. The zero-order valence-corrected chi connectivity index (χ0v) is 14.8. The number of carbonyl (C=O) groups excluding carboxylic acids is 1. The number of anilines is 1. The van der Waals surface area contributed by atoms with Gasteiger partial charge in [-0.1, -0.05) is 32.0 Å². The number of pyridine rings is 2. The molecule has 3 rings (SSSR count). The van der Waals surface area contributed by atoms with Crippen LogP contribution in [0.2, 0.25) is 0 Å². The number of aromatic hydroxyl groups is 1. The number of nitrogens with zero attached hydrogens (tertiary/aromatic N) is 2. The zero-order chi connectivity index (χ0) is 18.7. The van der Waals surface area contributed by atoms with E-state index in [9.17, 15) is 14.7 Å². The summed E-state index contributed by atoms with van der Waals surface area (Å²) in [6.07, 6.45) is 2.33. The van der Waals surface area contributed by atoms with Crippen molar-refractivity contribution in [2.24, 2.45) is 5.92 Å². The fourth-order valence-electron chi connectivity index (χ4n) is 2.82. The van der Waals surface area contributed by atoms with Crippen LogP contribution in [-0.4, -0.2) is 20.6 Å². The molecule has 1 aromatic carbocycles. The highest BCUT2D eigenvalue weighted by Crippen LogP contribution is 2.27. The number of carbonyl (C=O) groups is 1. The van der Waals surface area contributed by atoms with E-state index in [4.69, 9.17) is 0 Å². The van der Waals surface area contributed by atoms with Crippen molar-refractivity contribution in [2.45, 2.75) is 26.8 Å². The average Bonchev–Trinajstić information content (AvgIpc) is 2.62. The van der Waals surface area contributed by atoms with Crippen molar-refractivity contribution in [3.05, 3.63) is 64.6 Å². The van der Waals surface area contributed by atoms with E-state index >= 15 is 0 Å². The second kappa shape index (κ2) is 7.39. The first-order chi connectivity index (χ1) is 12.5. The van der Waals surface area contributed by atoms with Crippen LogP contribution in [-0.2, 0) is 6.54 Å². The molecule has 134 valence electrons. The summed E-state index contributed by atoms with van der Waals surface area (Å²) < 4.78 is 1.56. The number of hydrogen-bond acceptors (Lipinski definition) is 4. The fraction of sp³-hybridized carbons (Fsp3) is 0.250. The minimum Gasteiger partial charge on any atom is -0.506 e. The van der Waals surface area contributed by atoms with E-state index in [1.807, 2.05) is 0 Å². The Bertz CT molecular complexity index is 994. The molecule has 3 aromatic rings. The molecule has 0 spiro atoms. The van der Waals surface area contributed by atoms with Gasteiger partial charge in [0, 0.05) is 18.1 Å². The van der Waals surface area contributed by atoms with E-state index < -0.39 is 11.5 Å². The van der Waals surface area contributed by atoms with Crippen molar-refractivity contribution in [3.63, 3.8) is 0 Å². The quantitative estimate of drug-likeness (QED) is 0.738. The van der Waals surface area contributed by atoms with Gasteiger partial charge in [0.05, 0.1) is 5.52 Å². The van der Waals surface area contributed by atoms with Crippen molar-refractivity contribution in [2.75, 3.05) is 5.32 Å². The minimum absolute atomic E-state index is 0.266. The lowest BCUT2D eigenvalue weighted by atomic mass is 10.1. The van der Waals surface area contributed by atoms with Crippen LogP contribution >= 0.6 is 0 Å². The predicted octanol–water partition coefficient (Wildman–Crippen LogP) is 3.40. The van der Waals surface area contributed by atoms with Gasteiger partial charge in [0.1, 0.15) is 17.1 Å². The Labute approximate surface area is 151 Å². The van der Waals surface area contributed by atoms with E-state index in [0.717, 1.165) is 6.42 Å². The summed E-state index contributed by atoms with van der Waals surface area (Å²) in [6, 6.07) is 12.1. The first-order valence-corrected chi connectivity index (χ1v) is 8.56. The molecule has 0 aliphatic carbocycles. The molecular weight excluding hydrogens is 330 g/mol. The van der Waals surface area contributed by atoms with Crippen LogP contribution in [0, 0.1) is 5.92 Å². The molecule has 2 N–H and O–H groups in total. The lowest BCUT2D eigenvalue weighted by Gasteiger charge is -2.15. The summed E-state index contributed by atoms with van der Waals surface area (Å²) in [4.78, 5) is 29.7. The highest BCUT2D eigenvalue weighted by atomic mass is 16.3. The monoisotopic (exact) mass is 351 g/mol. The normalized spacial score (nSPS) is 11.0. The molecule has 0 saturated heterocycles. The smallest absolute Gasteiger partial charge is 0.267 e. The molecule has 0 aliphatic rings. The van der Waals surface area contributed by atoms with E-state index in [0.29, 0.717) is 29.2 Å². The highest BCUT2D eigenvalue weighted by molar-refractivity contribution is 6.08. The summed E-state index contributed by atoms with van der Waals surface area (Å²) in [5, 5.41) is 13.6. The molecule has 0 unspecified atom stereocenters. The maximum atomic E-state index is 13.0. The Hall–Kier alpha value is -3.15. The van der Waals surface area contributed by atoms with Crippen molar-refractivity contribution >= 4 is 22.6 Å². The van der Waals surface area contributed by atoms with Gasteiger partial charge in [0.15, 0.2) is 0 Å². The average molecular weight is 351 g/mol. The fourth-order valence-corrected chi connectivity index (χ4v) is 2.82. The number of amides is 1. The number of para-hydroxylation sites is 1. The van der Waals surface area contributed by atoms with Gasteiger partial charge in [-0.05, 0) is 36.6 Å². The van der Waals surface area contributed by atoms with Crippen LogP contribution in [0.3, 0.4) is 0 Å². The number of fused-ring (bicyclic) bond motifs is 1. The Kier molecular flexibility index (Phi) is 5.02. The van der Waals surface area contributed by atoms with E-state index in [1.165, 1.54) is 6.20 Å². The molecule has 6 heteroatoms. The Morgan fingerprint density at radius 3 is 2.62 bits per heavy atom. The molecule has 0 radical (unpaired) electrons. The van der Waals surface area contributed by atoms with Crippen molar-refractivity contribution < 1.29 is 9.90 Å². The van der Waals surface area contributed by atoms with E-state index in [2.05, 4.69) is 24.1 Å². The van der Waals surface area contributed by atoms with Gasteiger partial charge in [-0.15, -0.1) is 0 Å². The lowest BCUT2D eigenvalue weighted by molar-refractivity contribution is 0.102. The van der Waals surface area contributed by atoms with Crippen LogP contribution in [0.15, 0.2) is 53.5 Å². The third-order valence-electron chi connectivity index (χ3n) is 4.21. The number of benzene rings is 1. The molecule has 0 atom stereocenters. The third-order valence-corrected chi connectivity index (χ3v) is 4.21. The Balaban J connectivity index is 2.12. The molecule has 6 nitrogen and oxygen atoms in total. The molecule has 26 heavy (non-hydrogen) atoms.